The van der Waals surface area contributed by atoms with Crippen molar-refractivity contribution in [3.8, 4) is 5.75 Å². The standard InChI is InChI=1S/C23H26N4O2/c1-4-27(16-19-8-6-5-7-9-19)22-14-21(25-17(2)26-22)23(28)24-15-18-10-12-20(29-3)13-11-18/h5-14H,4,15-16H2,1-3H3,(H,24,28). The quantitative estimate of drug-likeness (QED) is 0.634. The number of hydrogen-bond acceptors (Lipinski definition) is 5. The number of ether oxygens (including phenoxy) is 1. The van der Waals surface area contributed by atoms with Gasteiger partial charge in [0.15, 0.2) is 0 Å². The first kappa shape index (κ1) is 20.3. The number of anilines is 1. The maximum Gasteiger partial charge on any atom is 0.270 e. The summed E-state index contributed by atoms with van der Waals surface area (Å²) in [5.74, 6) is 1.89. The van der Waals surface area contributed by atoms with Crippen molar-refractivity contribution in [3.63, 3.8) is 0 Å². The van der Waals surface area contributed by atoms with E-state index >= 15 is 0 Å². The van der Waals surface area contributed by atoms with Crippen LogP contribution >= 0.6 is 0 Å². The number of carbonyl (C=O) groups excluding carboxylic acids is 1. The lowest BCUT2D eigenvalue weighted by Gasteiger charge is -2.22. The average Bonchev–Trinajstić information content (AvgIpc) is 2.76. The minimum atomic E-state index is -0.219. The predicted molar refractivity (Wildman–Crippen MR) is 114 cm³/mol. The van der Waals surface area contributed by atoms with Crippen LogP contribution in [0.4, 0.5) is 5.82 Å². The summed E-state index contributed by atoms with van der Waals surface area (Å²) in [6.07, 6.45) is 0. The fourth-order valence-electron chi connectivity index (χ4n) is 3.01. The third kappa shape index (κ3) is 5.54. The van der Waals surface area contributed by atoms with Gasteiger partial charge in [-0.2, -0.15) is 0 Å². The predicted octanol–water partition coefficient (Wildman–Crippen LogP) is 3.75. The summed E-state index contributed by atoms with van der Waals surface area (Å²) in [6.45, 7) is 5.80. The molecule has 0 spiro atoms. The smallest absolute Gasteiger partial charge is 0.270 e. The van der Waals surface area contributed by atoms with E-state index in [0.29, 0.717) is 18.1 Å². The highest BCUT2D eigenvalue weighted by Gasteiger charge is 2.14. The first-order chi connectivity index (χ1) is 14.1. The number of aromatic nitrogens is 2. The molecule has 0 saturated carbocycles. The average molecular weight is 390 g/mol. The summed E-state index contributed by atoms with van der Waals surface area (Å²) >= 11 is 0. The van der Waals surface area contributed by atoms with E-state index in [1.54, 1.807) is 20.1 Å². The lowest BCUT2D eigenvalue weighted by Crippen LogP contribution is -2.27. The van der Waals surface area contributed by atoms with Gasteiger partial charge in [0.25, 0.3) is 5.91 Å². The molecular weight excluding hydrogens is 364 g/mol. The van der Waals surface area contributed by atoms with Gasteiger partial charge < -0.3 is 15.0 Å². The molecule has 0 atom stereocenters. The number of methoxy groups -OCH3 is 1. The molecule has 3 aromatic rings. The molecule has 0 fully saturated rings. The van der Waals surface area contributed by atoms with Gasteiger partial charge in [0.05, 0.1) is 7.11 Å². The summed E-state index contributed by atoms with van der Waals surface area (Å²) in [5, 5.41) is 2.93. The van der Waals surface area contributed by atoms with E-state index in [1.165, 1.54) is 5.56 Å². The fraction of sp³-hybridized carbons (Fsp3) is 0.261. The zero-order valence-electron chi connectivity index (χ0n) is 17.1. The van der Waals surface area contributed by atoms with E-state index in [-0.39, 0.29) is 5.91 Å². The van der Waals surface area contributed by atoms with Gasteiger partial charge in [0, 0.05) is 25.7 Å². The van der Waals surface area contributed by atoms with Gasteiger partial charge in [-0.15, -0.1) is 0 Å². The number of benzene rings is 2. The van der Waals surface area contributed by atoms with Crippen molar-refractivity contribution in [1.82, 2.24) is 15.3 Å². The Bertz CT molecular complexity index is 943. The Morgan fingerprint density at radius 2 is 1.76 bits per heavy atom. The minimum absolute atomic E-state index is 0.219. The third-order valence-corrected chi connectivity index (χ3v) is 4.59. The lowest BCUT2D eigenvalue weighted by molar-refractivity contribution is 0.0945. The second kappa shape index (κ2) is 9.68. The van der Waals surface area contributed by atoms with Crippen molar-refractivity contribution < 1.29 is 9.53 Å². The van der Waals surface area contributed by atoms with E-state index in [0.717, 1.165) is 30.2 Å². The van der Waals surface area contributed by atoms with Crippen molar-refractivity contribution in [2.45, 2.75) is 26.9 Å². The first-order valence-corrected chi connectivity index (χ1v) is 9.64. The highest BCUT2D eigenvalue weighted by molar-refractivity contribution is 5.92. The van der Waals surface area contributed by atoms with Crippen LogP contribution in [0.15, 0.2) is 60.7 Å². The molecule has 6 nitrogen and oxygen atoms in total. The molecule has 1 aromatic heterocycles. The molecule has 0 aliphatic rings. The Hall–Kier alpha value is -3.41. The fourth-order valence-corrected chi connectivity index (χ4v) is 3.01. The van der Waals surface area contributed by atoms with Gasteiger partial charge in [-0.25, -0.2) is 9.97 Å². The number of carbonyl (C=O) groups is 1. The molecule has 0 aliphatic heterocycles. The Morgan fingerprint density at radius 3 is 2.41 bits per heavy atom. The van der Waals surface area contributed by atoms with Crippen LogP contribution in [0.3, 0.4) is 0 Å². The summed E-state index contributed by atoms with van der Waals surface area (Å²) in [5.41, 5.74) is 2.55. The van der Waals surface area contributed by atoms with Crippen LogP contribution in [-0.2, 0) is 13.1 Å². The second-order valence-electron chi connectivity index (χ2n) is 6.69. The van der Waals surface area contributed by atoms with Crippen LogP contribution in [0.2, 0.25) is 0 Å². The summed E-state index contributed by atoms with van der Waals surface area (Å²) < 4.78 is 5.16. The van der Waals surface area contributed by atoms with Crippen molar-refractivity contribution in [2.24, 2.45) is 0 Å². The molecule has 3 rings (SSSR count). The van der Waals surface area contributed by atoms with Crippen LogP contribution in [0, 0.1) is 6.92 Å². The molecule has 0 unspecified atom stereocenters. The maximum atomic E-state index is 12.7. The minimum Gasteiger partial charge on any atom is -0.497 e. The molecule has 0 bridgehead atoms. The van der Waals surface area contributed by atoms with Crippen LogP contribution in [0.25, 0.3) is 0 Å². The Kier molecular flexibility index (Phi) is 6.79. The molecule has 1 amide bonds. The van der Waals surface area contributed by atoms with E-state index in [1.807, 2.05) is 42.5 Å². The summed E-state index contributed by atoms with van der Waals surface area (Å²) in [6, 6.07) is 19.6. The van der Waals surface area contributed by atoms with Crippen molar-refractivity contribution in [1.29, 1.82) is 0 Å². The molecule has 1 N–H and O–H groups in total. The monoisotopic (exact) mass is 390 g/mol. The maximum absolute atomic E-state index is 12.7. The zero-order valence-corrected chi connectivity index (χ0v) is 17.1. The molecule has 0 saturated heterocycles. The number of amides is 1. The number of rotatable bonds is 8. The largest absolute Gasteiger partial charge is 0.497 e. The van der Waals surface area contributed by atoms with Crippen LogP contribution < -0.4 is 15.0 Å². The highest BCUT2D eigenvalue weighted by atomic mass is 16.5. The lowest BCUT2D eigenvalue weighted by atomic mass is 10.2. The number of hydrogen-bond donors (Lipinski definition) is 1. The highest BCUT2D eigenvalue weighted by Crippen LogP contribution is 2.16. The van der Waals surface area contributed by atoms with Gasteiger partial charge in [0.2, 0.25) is 0 Å². The van der Waals surface area contributed by atoms with Crippen LogP contribution in [0.5, 0.6) is 5.75 Å². The van der Waals surface area contributed by atoms with E-state index in [9.17, 15) is 4.79 Å². The normalized spacial score (nSPS) is 10.4. The van der Waals surface area contributed by atoms with Crippen LogP contribution in [0.1, 0.15) is 34.4 Å². The van der Waals surface area contributed by atoms with E-state index < -0.39 is 0 Å². The molecule has 1 heterocycles. The number of aryl methyl sites for hydroxylation is 1. The SMILES string of the molecule is CCN(Cc1ccccc1)c1cc(C(=O)NCc2ccc(OC)cc2)nc(C)n1. The van der Waals surface area contributed by atoms with Gasteiger partial charge in [0.1, 0.15) is 23.1 Å². The van der Waals surface area contributed by atoms with Gasteiger partial charge in [-0.1, -0.05) is 42.5 Å². The number of nitrogens with one attached hydrogen (secondary N) is 1. The second-order valence-corrected chi connectivity index (χ2v) is 6.69. The molecular formula is C23H26N4O2. The van der Waals surface area contributed by atoms with E-state index in [4.69, 9.17) is 4.74 Å². The Labute approximate surface area is 171 Å². The Balaban J connectivity index is 1.71. The Morgan fingerprint density at radius 1 is 1.03 bits per heavy atom. The molecule has 150 valence electrons. The molecule has 0 radical (unpaired) electrons. The molecule has 2 aromatic carbocycles. The summed E-state index contributed by atoms with van der Waals surface area (Å²) in [4.78, 5) is 23.7. The van der Waals surface area contributed by atoms with E-state index in [2.05, 4.69) is 39.2 Å². The number of nitrogens with zero attached hydrogens (tertiary/aromatic N) is 3. The topological polar surface area (TPSA) is 67.4 Å². The van der Waals surface area contributed by atoms with Crippen molar-refractivity contribution in [3.05, 3.63) is 83.3 Å². The molecule has 0 aliphatic carbocycles. The van der Waals surface area contributed by atoms with Crippen molar-refractivity contribution in [2.75, 3.05) is 18.6 Å². The first-order valence-electron chi connectivity index (χ1n) is 9.64. The molecule has 6 heteroatoms. The zero-order chi connectivity index (χ0) is 20.6. The third-order valence-electron chi connectivity index (χ3n) is 4.59. The van der Waals surface area contributed by atoms with Crippen LogP contribution in [-0.4, -0.2) is 29.5 Å². The summed E-state index contributed by atoms with van der Waals surface area (Å²) in [7, 11) is 1.63. The van der Waals surface area contributed by atoms with Gasteiger partial charge in [-0.3, -0.25) is 4.79 Å². The molecule has 29 heavy (non-hydrogen) atoms. The van der Waals surface area contributed by atoms with Gasteiger partial charge >= 0.3 is 0 Å². The van der Waals surface area contributed by atoms with Crippen molar-refractivity contribution >= 4 is 11.7 Å². The van der Waals surface area contributed by atoms with Gasteiger partial charge in [-0.05, 0) is 37.1 Å².